The molecule has 2 aliphatic rings. The Labute approximate surface area is 86.6 Å². The summed E-state index contributed by atoms with van der Waals surface area (Å²) in [6, 6.07) is 0. The summed E-state index contributed by atoms with van der Waals surface area (Å²) in [5.74, 6) is 0.587. The molecule has 1 saturated carbocycles. The molecule has 1 nitrogen and oxygen atoms in total. The summed E-state index contributed by atoms with van der Waals surface area (Å²) < 4.78 is 0. The fourth-order valence-corrected chi connectivity index (χ4v) is 3.50. The normalized spacial score (nSPS) is 30.4. The lowest BCUT2D eigenvalue weighted by molar-refractivity contribution is -0.123. The van der Waals surface area contributed by atoms with Crippen molar-refractivity contribution in [3.63, 3.8) is 0 Å². The maximum atomic E-state index is 11.7. The Balaban J connectivity index is 2.32. The number of carbonyl (C=O) groups excluding carboxylic acids is 1. The molecular formula is C13H19O. The van der Waals surface area contributed by atoms with Crippen molar-refractivity contribution in [2.45, 2.75) is 46.0 Å². The van der Waals surface area contributed by atoms with Crippen molar-refractivity contribution >= 4 is 5.78 Å². The molecule has 14 heavy (non-hydrogen) atoms. The SMILES string of the molecule is CC(=O)[C@@H]1C(C)=C[CH]CC12CCCC2. The van der Waals surface area contributed by atoms with Gasteiger partial charge in [0.05, 0.1) is 0 Å². The monoisotopic (exact) mass is 191 g/mol. The molecule has 1 fully saturated rings. The lowest BCUT2D eigenvalue weighted by Gasteiger charge is -2.39. The van der Waals surface area contributed by atoms with Gasteiger partial charge in [0.25, 0.3) is 0 Å². The predicted octanol–water partition coefficient (Wildman–Crippen LogP) is 3.31. The Morgan fingerprint density at radius 1 is 1.43 bits per heavy atom. The van der Waals surface area contributed by atoms with Crippen LogP contribution in [0.4, 0.5) is 0 Å². The second-order valence-electron chi connectivity index (χ2n) is 4.96. The van der Waals surface area contributed by atoms with Gasteiger partial charge in [-0.25, -0.2) is 0 Å². The molecule has 1 heteroatoms. The van der Waals surface area contributed by atoms with Crippen molar-refractivity contribution in [3.05, 3.63) is 18.1 Å². The number of allylic oxidation sites excluding steroid dienone is 2. The van der Waals surface area contributed by atoms with E-state index in [-0.39, 0.29) is 5.92 Å². The topological polar surface area (TPSA) is 17.1 Å². The fourth-order valence-electron chi connectivity index (χ4n) is 3.50. The second kappa shape index (κ2) is 3.52. The summed E-state index contributed by atoms with van der Waals surface area (Å²) >= 11 is 0. The Kier molecular flexibility index (Phi) is 2.50. The lowest BCUT2D eigenvalue weighted by atomic mass is 9.64. The number of ketones is 1. The van der Waals surface area contributed by atoms with Gasteiger partial charge in [-0.05, 0) is 44.9 Å². The van der Waals surface area contributed by atoms with Crippen LogP contribution in [0.25, 0.3) is 0 Å². The van der Waals surface area contributed by atoms with Crippen molar-refractivity contribution < 1.29 is 4.79 Å². The highest BCUT2D eigenvalue weighted by molar-refractivity contribution is 5.82. The Hall–Kier alpha value is -0.590. The first kappa shape index (κ1) is 9.95. The van der Waals surface area contributed by atoms with Crippen LogP contribution < -0.4 is 0 Å². The smallest absolute Gasteiger partial charge is 0.137 e. The molecule has 2 aliphatic carbocycles. The van der Waals surface area contributed by atoms with Gasteiger partial charge in [0, 0.05) is 5.92 Å². The van der Waals surface area contributed by atoms with E-state index < -0.39 is 0 Å². The zero-order chi connectivity index (χ0) is 10.2. The van der Waals surface area contributed by atoms with Crippen molar-refractivity contribution in [2.75, 3.05) is 0 Å². The molecule has 0 heterocycles. The van der Waals surface area contributed by atoms with Crippen LogP contribution in [0.5, 0.6) is 0 Å². The first-order valence-electron chi connectivity index (χ1n) is 5.66. The molecule has 1 radical (unpaired) electrons. The van der Waals surface area contributed by atoms with Crippen LogP contribution in [0.15, 0.2) is 11.6 Å². The summed E-state index contributed by atoms with van der Waals surface area (Å²) in [6.45, 7) is 3.87. The Morgan fingerprint density at radius 3 is 2.64 bits per heavy atom. The molecule has 77 valence electrons. The third-order valence-electron chi connectivity index (χ3n) is 3.98. The molecule has 0 aliphatic heterocycles. The predicted molar refractivity (Wildman–Crippen MR) is 57.7 cm³/mol. The molecular weight excluding hydrogens is 172 g/mol. The summed E-state index contributed by atoms with van der Waals surface area (Å²) in [6.07, 6.45) is 10.7. The average molecular weight is 191 g/mol. The maximum Gasteiger partial charge on any atom is 0.137 e. The maximum absolute atomic E-state index is 11.7. The van der Waals surface area contributed by atoms with Crippen LogP contribution in [0.3, 0.4) is 0 Å². The van der Waals surface area contributed by atoms with Crippen LogP contribution in [-0.2, 0) is 4.79 Å². The minimum Gasteiger partial charge on any atom is -0.299 e. The molecule has 1 atom stereocenters. The van der Waals surface area contributed by atoms with Gasteiger partial charge < -0.3 is 0 Å². The van der Waals surface area contributed by atoms with Gasteiger partial charge in [-0.3, -0.25) is 4.79 Å². The zero-order valence-electron chi connectivity index (χ0n) is 9.18. The molecule has 0 aromatic carbocycles. The van der Waals surface area contributed by atoms with Gasteiger partial charge in [0.2, 0.25) is 0 Å². The minimum atomic E-state index is 0.218. The van der Waals surface area contributed by atoms with Crippen LogP contribution >= 0.6 is 0 Å². The number of rotatable bonds is 1. The largest absolute Gasteiger partial charge is 0.299 e. The van der Waals surface area contributed by atoms with E-state index in [1.165, 1.54) is 31.3 Å². The second-order valence-corrected chi connectivity index (χ2v) is 4.96. The Bertz CT molecular complexity index is 269. The highest BCUT2D eigenvalue weighted by Crippen LogP contribution is 2.52. The highest BCUT2D eigenvalue weighted by Gasteiger charge is 2.45. The first-order chi connectivity index (χ1) is 6.66. The number of hydrogen-bond donors (Lipinski definition) is 0. The van der Waals surface area contributed by atoms with Crippen molar-refractivity contribution in [1.82, 2.24) is 0 Å². The third-order valence-corrected chi connectivity index (χ3v) is 3.98. The van der Waals surface area contributed by atoms with Crippen LogP contribution in [0.1, 0.15) is 46.0 Å². The zero-order valence-corrected chi connectivity index (χ0v) is 9.18. The first-order valence-corrected chi connectivity index (χ1v) is 5.66. The standard InChI is InChI=1S/C13H19O/c1-10-6-5-9-13(7-3-4-8-13)12(10)11(2)14/h5-6,12H,3-4,7-9H2,1-2H3/t12-/m0/s1. The van der Waals surface area contributed by atoms with Crippen molar-refractivity contribution in [1.29, 1.82) is 0 Å². The lowest BCUT2D eigenvalue weighted by Crippen LogP contribution is -2.35. The quantitative estimate of drug-likeness (QED) is 0.621. The van der Waals surface area contributed by atoms with Gasteiger partial charge in [0.1, 0.15) is 5.78 Å². The molecule has 0 aromatic heterocycles. The van der Waals surface area contributed by atoms with Gasteiger partial charge in [-0.15, -0.1) is 0 Å². The molecule has 0 N–H and O–H groups in total. The van der Waals surface area contributed by atoms with E-state index in [1.54, 1.807) is 6.92 Å². The van der Waals surface area contributed by atoms with Crippen LogP contribution in [0, 0.1) is 17.8 Å². The number of hydrogen-bond acceptors (Lipinski definition) is 1. The van der Waals surface area contributed by atoms with Gasteiger partial charge in [0.15, 0.2) is 0 Å². The minimum absolute atomic E-state index is 0.218. The molecule has 0 aromatic rings. The van der Waals surface area contributed by atoms with Crippen LogP contribution in [-0.4, -0.2) is 5.78 Å². The van der Waals surface area contributed by atoms with E-state index in [0.717, 1.165) is 6.42 Å². The molecule has 2 rings (SSSR count). The van der Waals surface area contributed by atoms with Gasteiger partial charge in [-0.2, -0.15) is 0 Å². The molecule has 0 bridgehead atoms. The molecule has 0 amide bonds. The van der Waals surface area contributed by atoms with E-state index in [2.05, 4.69) is 19.4 Å². The third kappa shape index (κ3) is 1.43. The van der Waals surface area contributed by atoms with E-state index >= 15 is 0 Å². The number of Topliss-reactive ketones (excluding diaryl/α,β-unsaturated/α-hetero) is 1. The molecule has 1 spiro atoms. The van der Waals surface area contributed by atoms with E-state index in [0.29, 0.717) is 11.2 Å². The average Bonchev–Trinajstić information content (AvgIpc) is 2.53. The fraction of sp³-hybridized carbons (Fsp3) is 0.692. The van der Waals surface area contributed by atoms with Crippen LogP contribution in [0.2, 0.25) is 0 Å². The summed E-state index contributed by atoms with van der Waals surface area (Å²) in [7, 11) is 0. The van der Waals surface area contributed by atoms with E-state index in [9.17, 15) is 4.79 Å². The highest BCUT2D eigenvalue weighted by atomic mass is 16.1. The summed E-state index contributed by atoms with van der Waals surface area (Å²) in [5.41, 5.74) is 1.59. The Morgan fingerprint density at radius 2 is 2.07 bits per heavy atom. The molecule has 0 saturated heterocycles. The van der Waals surface area contributed by atoms with Crippen molar-refractivity contribution in [3.8, 4) is 0 Å². The van der Waals surface area contributed by atoms with E-state index in [4.69, 9.17) is 0 Å². The number of carbonyl (C=O) groups is 1. The summed E-state index contributed by atoms with van der Waals surface area (Å²) in [4.78, 5) is 11.7. The van der Waals surface area contributed by atoms with E-state index in [1.807, 2.05) is 0 Å². The van der Waals surface area contributed by atoms with Gasteiger partial charge in [-0.1, -0.05) is 24.5 Å². The van der Waals surface area contributed by atoms with Crippen molar-refractivity contribution in [2.24, 2.45) is 11.3 Å². The molecule has 0 unspecified atom stereocenters. The van der Waals surface area contributed by atoms with Gasteiger partial charge >= 0.3 is 0 Å². The summed E-state index contributed by atoms with van der Waals surface area (Å²) in [5, 5.41) is 0.